The molecule has 15 heavy (non-hydrogen) atoms. The van der Waals surface area contributed by atoms with Crippen LogP contribution in [0.2, 0.25) is 0 Å². The van der Waals surface area contributed by atoms with Crippen molar-refractivity contribution in [3.63, 3.8) is 0 Å². The normalized spacial score (nSPS) is 12.3. The van der Waals surface area contributed by atoms with Gasteiger partial charge in [0, 0.05) is 11.0 Å². The van der Waals surface area contributed by atoms with E-state index < -0.39 is 11.5 Å². The zero-order valence-electron chi connectivity index (χ0n) is 8.06. The van der Waals surface area contributed by atoms with E-state index in [1.54, 1.807) is 0 Å². The van der Waals surface area contributed by atoms with Crippen LogP contribution < -0.4 is 5.32 Å². The number of nitrogens with one attached hydrogen (secondary N) is 1. The Morgan fingerprint density at radius 1 is 1.67 bits per heavy atom. The van der Waals surface area contributed by atoms with Crippen LogP contribution in [-0.2, 0) is 11.3 Å². The van der Waals surface area contributed by atoms with Crippen molar-refractivity contribution >= 4 is 33.4 Å². The van der Waals surface area contributed by atoms with Crippen molar-refractivity contribution in [1.29, 1.82) is 0 Å². The first-order chi connectivity index (χ1) is 7.02. The van der Waals surface area contributed by atoms with Gasteiger partial charge >= 0.3 is 0 Å². The average Bonchev–Trinajstić information content (AvgIpc) is 2.19. The highest BCUT2D eigenvalue weighted by Crippen LogP contribution is 2.20. The SMILES string of the molecule is Cc1cccc(CNC(=O)C(F)Cl)c1Br. The van der Waals surface area contributed by atoms with Gasteiger partial charge in [-0.25, -0.2) is 4.39 Å². The van der Waals surface area contributed by atoms with Crippen LogP contribution in [0.1, 0.15) is 11.1 Å². The van der Waals surface area contributed by atoms with Gasteiger partial charge in [-0.2, -0.15) is 0 Å². The first-order valence-corrected chi connectivity index (χ1v) is 5.55. The predicted octanol–water partition coefficient (Wildman–Crippen LogP) is 2.91. The van der Waals surface area contributed by atoms with Crippen LogP contribution in [-0.4, -0.2) is 11.5 Å². The van der Waals surface area contributed by atoms with E-state index in [2.05, 4.69) is 21.2 Å². The fourth-order valence-corrected chi connectivity index (χ4v) is 1.59. The van der Waals surface area contributed by atoms with Crippen molar-refractivity contribution < 1.29 is 9.18 Å². The van der Waals surface area contributed by atoms with Gasteiger partial charge in [-0.15, -0.1) is 0 Å². The molecule has 0 aliphatic heterocycles. The largest absolute Gasteiger partial charge is 0.348 e. The molecule has 1 amide bonds. The highest BCUT2D eigenvalue weighted by molar-refractivity contribution is 9.10. The summed E-state index contributed by atoms with van der Waals surface area (Å²) in [5.41, 5.74) is -0.0429. The fraction of sp³-hybridized carbons (Fsp3) is 0.300. The summed E-state index contributed by atoms with van der Waals surface area (Å²) in [6, 6.07) is 5.66. The number of hydrogen-bond donors (Lipinski definition) is 1. The van der Waals surface area contributed by atoms with Gasteiger partial charge < -0.3 is 5.32 Å². The molecule has 0 aromatic heterocycles. The number of amides is 1. The second-order valence-corrected chi connectivity index (χ2v) is 4.24. The summed E-state index contributed by atoms with van der Waals surface area (Å²) in [5, 5.41) is 2.39. The third kappa shape index (κ3) is 3.47. The average molecular weight is 295 g/mol. The van der Waals surface area contributed by atoms with Gasteiger partial charge in [-0.3, -0.25) is 4.79 Å². The van der Waals surface area contributed by atoms with Crippen molar-refractivity contribution in [3.05, 3.63) is 33.8 Å². The van der Waals surface area contributed by atoms with Crippen LogP contribution in [0.15, 0.2) is 22.7 Å². The molecular weight excluding hydrogens is 284 g/mol. The summed E-state index contributed by atoms with van der Waals surface area (Å²) >= 11 is 8.36. The van der Waals surface area contributed by atoms with Crippen LogP contribution in [0.5, 0.6) is 0 Å². The molecule has 2 nitrogen and oxygen atoms in total. The molecule has 0 saturated heterocycles. The van der Waals surface area contributed by atoms with Gasteiger partial charge in [0.05, 0.1) is 0 Å². The molecule has 82 valence electrons. The Labute approximate surface area is 101 Å². The number of benzene rings is 1. The summed E-state index contributed by atoms with van der Waals surface area (Å²) in [6.07, 6.45) is 0. The van der Waals surface area contributed by atoms with Gasteiger partial charge in [-0.05, 0) is 18.1 Å². The quantitative estimate of drug-likeness (QED) is 0.853. The van der Waals surface area contributed by atoms with E-state index >= 15 is 0 Å². The van der Waals surface area contributed by atoms with E-state index in [1.807, 2.05) is 25.1 Å². The Hall–Kier alpha value is -0.610. The van der Waals surface area contributed by atoms with E-state index in [1.165, 1.54) is 0 Å². The predicted molar refractivity (Wildman–Crippen MR) is 61.5 cm³/mol. The standard InChI is InChI=1S/C10H10BrClFNO/c1-6-3-2-4-7(8(6)11)5-14-10(15)9(12)13/h2-4,9H,5H2,1H3,(H,14,15). The lowest BCUT2D eigenvalue weighted by Gasteiger charge is -2.08. The molecule has 1 aromatic carbocycles. The molecule has 0 radical (unpaired) electrons. The molecule has 1 N–H and O–H groups in total. The van der Waals surface area contributed by atoms with E-state index in [0.717, 1.165) is 15.6 Å². The Kier molecular flexibility index (Phi) is 4.54. The maximum absolute atomic E-state index is 12.3. The molecule has 1 atom stereocenters. The summed E-state index contributed by atoms with van der Waals surface area (Å²) in [6.45, 7) is 2.20. The number of carbonyl (C=O) groups is 1. The Morgan fingerprint density at radius 3 is 2.93 bits per heavy atom. The van der Waals surface area contributed by atoms with Crippen molar-refractivity contribution in [2.24, 2.45) is 0 Å². The molecule has 0 heterocycles. The molecule has 0 saturated carbocycles. The van der Waals surface area contributed by atoms with Gasteiger partial charge in [-0.1, -0.05) is 45.7 Å². The first kappa shape index (κ1) is 12.5. The molecule has 0 fully saturated rings. The molecule has 0 aliphatic rings. The number of aryl methyl sites for hydroxylation is 1. The minimum atomic E-state index is -1.99. The highest BCUT2D eigenvalue weighted by Gasteiger charge is 2.12. The second-order valence-electron chi connectivity index (χ2n) is 3.07. The van der Waals surface area contributed by atoms with Crippen LogP contribution in [0.3, 0.4) is 0 Å². The van der Waals surface area contributed by atoms with E-state index in [4.69, 9.17) is 11.6 Å². The first-order valence-electron chi connectivity index (χ1n) is 4.32. The molecule has 0 bridgehead atoms. The summed E-state index contributed by atoms with van der Waals surface area (Å²) in [7, 11) is 0. The molecule has 5 heteroatoms. The van der Waals surface area contributed by atoms with Crippen LogP contribution >= 0.6 is 27.5 Å². The smallest absolute Gasteiger partial charge is 0.270 e. The topological polar surface area (TPSA) is 29.1 Å². The number of halogens is 3. The van der Waals surface area contributed by atoms with Crippen molar-refractivity contribution in [1.82, 2.24) is 5.32 Å². The van der Waals surface area contributed by atoms with E-state index in [9.17, 15) is 9.18 Å². The highest BCUT2D eigenvalue weighted by atomic mass is 79.9. The molecular formula is C10H10BrClFNO. The summed E-state index contributed by atoms with van der Waals surface area (Å²) < 4.78 is 13.2. The number of alkyl halides is 2. The molecule has 1 aromatic rings. The molecule has 1 rings (SSSR count). The third-order valence-corrected chi connectivity index (χ3v) is 3.26. The zero-order valence-corrected chi connectivity index (χ0v) is 10.4. The molecule has 0 spiro atoms. The Bertz CT molecular complexity index is 370. The lowest BCUT2D eigenvalue weighted by atomic mass is 10.1. The van der Waals surface area contributed by atoms with E-state index in [-0.39, 0.29) is 6.54 Å². The minimum Gasteiger partial charge on any atom is -0.348 e. The van der Waals surface area contributed by atoms with E-state index in [0.29, 0.717) is 0 Å². The van der Waals surface area contributed by atoms with Crippen molar-refractivity contribution in [2.45, 2.75) is 19.1 Å². The summed E-state index contributed by atoms with van der Waals surface area (Å²) in [4.78, 5) is 10.9. The van der Waals surface area contributed by atoms with Crippen molar-refractivity contribution in [2.75, 3.05) is 0 Å². The number of carbonyl (C=O) groups excluding carboxylic acids is 1. The lowest BCUT2D eigenvalue weighted by Crippen LogP contribution is -2.28. The minimum absolute atomic E-state index is 0.258. The second kappa shape index (κ2) is 5.47. The van der Waals surface area contributed by atoms with Gasteiger partial charge in [0.1, 0.15) is 0 Å². The van der Waals surface area contributed by atoms with Gasteiger partial charge in [0.15, 0.2) is 0 Å². The fourth-order valence-electron chi connectivity index (χ4n) is 1.10. The zero-order chi connectivity index (χ0) is 11.4. The Morgan fingerprint density at radius 2 is 2.33 bits per heavy atom. The Balaban J connectivity index is 2.66. The van der Waals surface area contributed by atoms with Gasteiger partial charge in [0.25, 0.3) is 11.5 Å². The van der Waals surface area contributed by atoms with Crippen LogP contribution in [0.25, 0.3) is 0 Å². The number of hydrogen-bond acceptors (Lipinski definition) is 1. The molecule has 1 unspecified atom stereocenters. The maximum atomic E-state index is 12.3. The van der Waals surface area contributed by atoms with Crippen LogP contribution in [0.4, 0.5) is 4.39 Å². The van der Waals surface area contributed by atoms with Gasteiger partial charge in [0.2, 0.25) is 0 Å². The van der Waals surface area contributed by atoms with Crippen molar-refractivity contribution in [3.8, 4) is 0 Å². The third-order valence-electron chi connectivity index (χ3n) is 1.92. The maximum Gasteiger partial charge on any atom is 0.270 e. The summed E-state index contributed by atoms with van der Waals surface area (Å²) in [5.74, 6) is -0.815. The number of rotatable bonds is 3. The lowest BCUT2D eigenvalue weighted by molar-refractivity contribution is -0.123. The molecule has 0 aliphatic carbocycles. The van der Waals surface area contributed by atoms with Crippen LogP contribution in [0, 0.1) is 6.92 Å². The monoisotopic (exact) mass is 293 g/mol.